The Morgan fingerprint density at radius 3 is 2.23 bits per heavy atom. The van der Waals surface area contributed by atoms with Gasteiger partial charge in [-0.05, 0) is 31.0 Å². The first-order valence-corrected chi connectivity index (χ1v) is 8.79. The number of carbonyl (C=O) groups excluding carboxylic acids is 2. The Labute approximate surface area is 153 Å². The Bertz CT molecular complexity index is 806. The maximum atomic E-state index is 12.8. The number of rotatable bonds is 3. The van der Waals surface area contributed by atoms with Crippen LogP contribution in [0.5, 0.6) is 0 Å². The van der Waals surface area contributed by atoms with E-state index >= 15 is 0 Å². The standard InChI is InChI=1S/C20H24N4O2/c1-14-5-4-6-15(2)19(14)22-18-11-17(12-21-13-18)20(26)24-9-7-23(8-10-24)16(3)25/h4-6,11-13,22H,7-10H2,1-3H3. The number of pyridine rings is 1. The zero-order chi connectivity index (χ0) is 18.7. The number of nitrogens with one attached hydrogen (secondary N) is 1. The molecule has 1 aromatic heterocycles. The molecule has 1 aliphatic heterocycles. The van der Waals surface area contributed by atoms with E-state index in [0.29, 0.717) is 31.7 Å². The normalized spacial score (nSPS) is 14.3. The number of benzene rings is 1. The summed E-state index contributed by atoms with van der Waals surface area (Å²) >= 11 is 0. The number of piperazine rings is 1. The van der Waals surface area contributed by atoms with Gasteiger partial charge >= 0.3 is 0 Å². The van der Waals surface area contributed by atoms with E-state index in [-0.39, 0.29) is 11.8 Å². The van der Waals surface area contributed by atoms with Gasteiger partial charge in [-0.2, -0.15) is 0 Å². The van der Waals surface area contributed by atoms with Crippen molar-refractivity contribution in [3.63, 3.8) is 0 Å². The maximum absolute atomic E-state index is 12.8. The van der Waals surface area contributed by atoms with Gasteiger partial charge in [-0.1, -0.05) is 18.2 Å². The predicted molar refractivity (Wildman–Crippen MR) is 102 cm³/mol. The molecule has 136 valence electrons. The molecule has 2 heterocycles. The molecule has 3 rings (SSSR count). The number of anilines is 2. The molecule has 6 heteroatoms. The zero-order valence-electron chi connectivity index (χ0n) is 15.5. The number of para-hydroxylation sites is 1. The molecule has 6 nitrogen and oxygen atoms in total. The molecule has 0 bridgehead atoms. The van der Waals surface area contributed by atoms with Crippen LogP contribution in [0.2, 0.25) is 0 Å². The molecule has 2 amide bonds. The van der Waals surface area contributed by atoms with Crippen molar-refractivity contribution in [2.75, 3.05) is 31.5 Å². The summed E-state index contributed by atoms with van der Waals surface area (Å²) in [5, 5.41) is 3.37. The van der Waals surface area contributed by atoms with Gasteiger partial charge in [0.05, 0.1) is 17.4 Å². The van der Waals surface area contributed by atoms with E-state index in [2.05, 4.69) is 10.3 Å². The Kier molecular flexibility index (Phi) is 5.21. The van der Waals surface area contributed by atoms with Gasteiger partial charge in [0, 0.05) is 45.0 Å². The van der Waals surface area contributed by atoms with E-state index in [4.69, 9.17) is 0 Å². The van der Waals surface area contributed by atoms with Gasteiger partial charge in [0.1, 0.15) is 0 Å². The highest BCUT2D eigenvalue weighted by Gasteiger charge is 2.23. The molecule has 0 unspecified atom stereocenters. The smallest absolute Gasteiger partial charge is 0.255 e. The second-order valence-electron chi connectivity index (χ2n) is 6.65. The third-order valence-corrected chi connectivity index (χ3v) is 4.75. The number of amides is 2. The van der Waals surface area contributed by atoms with Gasteiger partial charge in [0.15, 0.2) is 0 Å². The Morgan fingerprint density at radius 1 is 1.00 bits per heavy atom. The number of nitrogens with zero attached hydrogens (tertiary/aromatic N) is 3. The van der Waals surface area contributed by atoms with E-state index < -0.39 is 0 Å². The van der Waals surface area contributed by atoms with Crippen LogP contribution in [0.3, 0.4) is 0 Å². The van der Waals surface area contributed by atoms with Crippen molar-refractivity contribution >= 4 is 23.2 Å². The summed E-state index contributed by atoms with van der Waals surface area (Å²) < 4.78 is 0. The molecule has 26 heavy (non-hydrogen) atoms. The zero-order valence-corrected chi connectivity index (χ0v) is 15.5. The minimum absolute atomic E-state index is 0.0501. The molecule has 0 saturated carbocycles. The molecule has 1 saturated heterocycles. The third kappa shape index (κ3) is 3.85. The summed E-state index contributed by atoms with van der Waals surface area (Å²) in [6, 6.07) is 7.95. The van der Waals surface area contributed by atoms with Crippen molar-refractivity contribution in [3.8, 4) is 0 Å². The number of carbonyl (C=O) groups is 2. The van der Waals surface area contributed by atoms with Crippen LogP contribution >= 0.6 is 0 Å². The average Bonchev–Trinajstić information content (AvgIpc) is 2.64. The van der Waals surface area contributed by atoms with E-state index in [1.54, 1.807) is 29.1 Å². The van der Waals surface area contributed by atoms with Gasteiger partial charge in [-0.25, -0.2) is 0 Å². The fourth-order valence-corrected chi connectivity index (χ4v) is 3.19. The monoisotopic (exact) mass is 352 g/mol. The molecule has 2 aromatic rings. The third-order valence-electron chi connectivity index (χ3n) is 4.75. The molecule has 0 radical (unpaired) electrons. The van der Waals surface area contributed by atoms with Crippen molar-refractivity contribution < 1.29 is 9.59 Å². The van der Waals surface area contributed by atoms with Crippen molar-refractivity contribution in [2.24, 2.45) is 0 Å². The largest absolute Gasteiger partial charge is 0.354 e. The first-order chi connectivity index (χ1) is 12.5. The number of hydrogen-bond acceptors (Lipinski definition) is 4. The predicted octanol–water partition coefficient (Wildman–Crippen LogP) is 2.75. The van der Waals surface area contributed by atoms with Crippen molar-refractivity contribution in [3.05, 3.63) is 53.3 Å². The topological polar surface area (TPSA) is 65.5 Å². The molecular formula is C20H24N4O2. The lowest BCUT2D eigenvalue weighted by Gasteiger charge is -2.34. The maximum Gasteiger partial charge on any atom is 0.255 e. The Balaban J connectivity index is 1.73. The summed E-state index contributed by atoms with van der Waals surface area (Å²) in [7, 11) is 0. The van der Waals surface area contributed by atoms with Crippen LogP contribution in [0, 0.1) is 13.8 Å². The van der Waals surface area contributed by atoms with Gasteiger partial charge in [0.25, 0.3) is 5.91 Å². The number of aryl methyl sites for hydroxylation is 2. The molecule has 0 atom stereocenters. The highest BCUT2D eigenvalue weighted by Crippen LogP contribution is 2.24. The summed E-state index contributed by atoms with van der Waals surface area (Å²) in [4.78, 5) is 32.0. The Hall–Kier alpha value is -2.89. The van der Waals surface area contributed by atoms with E-state index in [1.165, 1.54) is 0 Å². The second kappa shape index (κ2) is 7.56. The molecule has 0 spiro atoms. The lowest BCUT2D eigenvalue weighted by atomic mass is 10.1. The minimum atomic E-state index is -0.0501. The SMILES string of the molecule is CC(=O)N1CCN(C(=O)c2cncc(Nc3c(C)cccc3C)c2)CC1. The second-order valence-corrected chi connectivity index (χ2v) is 6.65. The molecule has 1 aliphatic rings. The number of aromatic nitrogens is 1. The van der Waals surface area contributed by atoms with Gasteiger partial charge in [0.2, 0.25) is 5.91 Å². The fourth-order valence-electron chi connectivity index (χ4n) is 3.19. The van der Waals surface area contributed by atoms with E-state index in [9.17, 15) is 9.59 Å². The number of hydrogen-bond donors (Lipinski definition) is 1. The molecule has 1 N–H and O–H groups in total. The van der Waals surface area contributed by atoms with E-state index in [0.717, 1.165) is 22.5 Å². The minimum Gasteiger partial charge on any atom is -0.354 e. The van der Waals surface area contributed by atoms with E-state index in [1.807, 2.05) is 38.1 Å². The lowest BCUT2D eigenvalue weighted by molar-refractivity contribution is -0.130. The van der Waals surface area contributed by atoms with Crippen molar-refractivity contribution in [2.45, 2.75) is 20.8 Å². The first-order valence-electron chi connectivity index (χ1n) is 8.79. The summed E-state index contributed by atoms with van der Waals surface area (Å²) in [6.07, 6.45) is 3.31. The first kappa shape index (κ1) is 17.9. The van der Waals surface area contributed by atoms with Gasteiger partial charge in [-0.3, -0.25) is 14.6 Å². The molecule has 1 fully saturated rings. The fraction of sp³-hybridized carbons (Fsp3) is 0.350. The molecular weight excluding hydrogens is 328 g/mol. The van der Waals surface area contributed by atoms with Crippen LogP contribution in [-0.4, -0.2) is 52.8 Å². The Morgan fingerprint density at radius 2 is 1.62 bits per heavy atom. The van der Waals surface area contributed by atoms with Crippen LogP contribution < -0.4 is 5.32 Å². The van der Waals surface area contributed by atoms with Crippen molar-refractivity contribution in [1.82, 2.24) is 14.8 Å². The van der Waals surface area contributed by atoms with Crippen LogP contribution in [0.25, 0.3) is 0 Å². The van der Waals surface area contributed by atoms with Crippen LogP contribution in [0.15, 0.2) is 36.7 Å². The van der Waals surface area contributed by atoms with Crippen molar-refractivity contribution in [1.29, 1.82) is 0 Å². The lowest BCUT2D eigenvalue weighted by Crippen LogP contribution is -2.50. The van der Waals surface area contributed by atoms with Gasteiger partial charge in [-0.15, -0.1) is 0 Å². The van der Waals surface area contributed by atoms with Crippen LogP contribution in [-0.2, 0) is 4.79 Å². The highest BCUT2D eigenvalue weighted by atomic mass is 16.2. The summed E-state index contributed by atoms with van der Waals surface area (Å²) in [6.45, 7) is 7.91. The summed E-state index contributed by atoms with van der Waals surface area (Å²) in [5.41, 5.74) is 4.66. The summed E-state index contributed by atoms with van der Waals surface area (Å²) in [5.74, 6) is 0.00409. The van der Waals surface area contributed by atoms with Gasteiger partial charge < -0.3 is 15.1 Å². The highest BCUT2D eigenvalue weighted by molar-refractivity contribution is 5.95. The molecule has 1 aromatic carbocycles. The molecule has 0 aliphatic carbocycles. The quantitative estimate of drug-likeness (QED) is 0.922. The van der Waals surface area contributed by atoms with Crippen LogP contribution in [0.4, 0.5) is 11.4 Å². The average molecular weight is 352 g/mol. The van der Waals surface area contributed by atoms with Crippen LogP contribution in [0.1, 0.15) is 28.4 Å².